The van der Waals surface area contributed by atoms with Crippen molar-refractivity contribution in [3.63, 3.8) is 0 Å². The fraction of sp³-hybridized carbons (Fsp3) is 0.560. The van der Waals surface area contributed by atoms with E-state index in [0.29, 0.717) is 36.0 Å². The number of halogens is 1. The standard InChI is InChI=1S/C25H32FN2O6PS/c1-24(2,3)17-9-18(25(4,5)6)21-16(20(17)26)13-32-35(34-21)31-12-15-7-8-19(33-15)28-10-14(11-29)22(36)27-23(28)30/h9-11,15,19H,7-8,12-13H2,1-6H3,(H,27,30,36). The molecule has 2 aromatic rings. The number of H-pyrrole nitrogens is 1. The number of nitrogens with zero attached hydrogens (tertiary/aromatic N) is 1. The molecule has 1 N–H and O–H groups in total. The molecule has 3 atom stereocenters. The minimum absolute atomic E-state index is 0.0567. The maximum absolute atomic E-state index is 15.4. The Balaban J connectivity index is 1.47. The number of carbonyl (C=O) groups excluding carboxylic acids is 1. The smallest absolute Gasteiger partial charge is 0.397 e. The number of fused-ring (bicyclic) bond motifs is 1. The lowest BCUT2D eigenvalue weighted by atomic mass is 9.78. The van der Waals surface area contributed by atoms with Crippen LogP contribution < -0.4 is 10.2 Å². The second-order valence-electron chi connectivity index (χ2n) is 11.1. The molecule has 1 aromatic carbocycles. The first kappa shape index (κ1) is 27.1. The van der Waals surface area contributed by atoms with E-state index >= 15 is 4.39 Å². The van der Waals surface area contributed by atoms with E-state index in [1.165, 1.54) is 10.8 Å². The summed E-state index contributed by atoms with van der Waals surface area (Å²) < 4.78 is 40.6. The van der Waals surface area contributed by atoms with Crippen LogP contribution in [0, 0.1) is 10.5 Å². The molecule has 0 saturated carbocycles. The second-order valence-corrected chi connectivity index (χ2v) is 12.7. The maximum Gasteiger partial charge on any atom is 0.397 e. The summed E-state index contributed by atoms with van der Waals surface area (Å²) in [6.45, 7) is 12.4. The summed E-state index contributed by atoms with van der Waals surface area (Å²) in [6.07, 6.45) is 2.36. The molecule has 0 aliphatic carbocycles. The molecule has 11 heteroatoms. The zero-order valence-corrected chi connectivity index (χ0v) is 23.1. The minimum atomic E-state index is -1.76. The molecule has 4 rings (SSSR count). The van der Waals surface area contributed by atoms with E-state index in [4.69, 9.17) is 30.5 Å². The first-order chi connectivity index (χ1) is 16.8. The van der Waals surface area contributed by atoms with Gasteiger partial charge in [0.1, 0.15) is 22.4 Å². The number of aromatic nitrogens is 2. The average Bonchev–Trinajstić information content (AvgIpc) is 3.25. The Morgan fingerprint density at radius 1 is 1.22 bits per heavy atom. The third kappa shape index (κ3) is 5.48. The molecule has 2 aliphatic rings. The average molecular weight is 539 g/mol. The summed E-state index contributed by atoms with van der Waals surface area (Å²) in [7, 11) is -1.76. The van der Waals surface area contributed by atoms with Gasteiger partial charge < -0.3 is 9.26 Å². The highest BCUT2D eigenvalue weighted by atomic mass is 32.1. The van der Waals surface area contributed by atoms with Gasteiger partial charge in [0.2, 0.25) is 0 Å². The van der Waals surface area contributed by atoms with Crippen LogP contribution >= 0.6 is 20.8 Å². The molecule has 36 heavy (non-hydrogen) atoms. The lowest BCUT2D eigenvalue weighted by Gasteiger charge is -2.33. The predicted molar refractivity (Wildman–Crippen MR) is 137 cm³/mol. The molecule has 0 spiro atoms. The zero-order chi connectivity index (χ0) is 26.4. The molecule has 0 amide bonds. The van der Waals surface area contributed by atoms with Gasteiger partial charge in [0, 0.05) is 11.8 Å². The second kappa shape index (κ2) is 10.1. The summed E-state index contributed by atoms with van der Waals surface area (Å²) in [5.74, 6) is 0.187. The number of aromatic amines is 1. The van der Waals surface area contributed by atoms with Gasteiger partial charge in [-0.05, 0) is 35.3 Å². The summed E-state index contributed by atoms with van der Waals surface area (Å²) in [5.41, 5.74) is 1.09. The minimum Gasteiger partial charge on any atom is -0.426 e. The highest BCUT2D eigenvalue weighted by Crippen LogP contribution is 2.52. The lowest BCUT2D eigenvalue weighted by Crippen LogP contribution is -2.28. The van der Waals surface area contributed by atoms with Crippen LogP contribution in [0.5, 0.6) is 5.75 Å². The number of nitrogens with one attached hydrogen (secondary N) is 1. The van der Waals surface area contributed by atoms with E-state index in [1.807, 2.05) is 26.8 Å². The van der Waals surface area contributed by atoms with Crippen LogP contribution in [0.3, 0.4) is 0 Å². The van der Waals surface area contributed by atoms with Gasteiger partial charge in [-0.2, -0.15) is 0 Å². The van der Waals surface area contributed by atoms with Gasteiger partial charge in [-0.3, -0.25) is 23.4 Å². The molecular weight excluding hydrogens is 506 g/mol. The molecular formula is C25H32FN2O6PS. The molecule has 0 radical (unpaired) electrons. The molecule has 1 fully saturated rings. The largest absolute Gasteiger partial charge is 0.426 e. The van der Waals surface area contributed by atoms with Crippen molar-refractivity contribution in [2.75, 3.05) is 6.61 Å². The van der Waals surface area contributed by atoms with E-state index in [0.717, 1.165) is 5.56 Å². The maximum atomic E-state index is 15.4. The number of hydrogen-bond donors (Lipinski definition) is 1. The van der Waals surface area contributed by atoms with Crippen molar-refractivity contribution in [2.45, 2.75) is 84.2 Å². The van der Waals surface area contributed by atoms with E-state index in [1.54, 1.807) is 0 Å². The molecule has 8 nitrogen and oxygen atoms in total. The van der Waals surface area contributed by atoms with Crippen LogP contribution in [0.4, 0.5) is 4.39 Å². The van der Waals surface area contributed by atoms with E-state index < -0.39 is 20.5 Å². The molecule has 3 unspecified atom stereocenters. The van der Waals surface area contributed by atoms with Crippen molar-refractivity contribution in [3.8, 4) is 5.75 Å². The Labute approximate surface area is 216 Å². The van der Waals surface area contributed by atoms with Crippen LogP contribution in [0.25, 0.3) is 0 Å². The molecule has 1 saturated heterocycles. The van der Waals surface area contributed by atoms with Gasteiger partial charge >= 0.3 is 14.3 Å². The number of aldehydes is 1. The Hall–Kier alpha value is -1.97. The van der Waals surface area contributed by atoms with Crippen molar-refractivity contribution >= 4 is 27.1 Å². The number of rotatable bonds is 5. The molecule has 3 heterocycles. The van der Waals surface area contributed by atoms with Crippen molar-refractivity contribution in [1.29, 1.82) is 0 Å². The summed E-state index contributed by atoms with van der Waals surface area (Å²) >= 11 is 4.99. The predicted octanol–water partition coefficient (Wildman–Crippen LogP) is 5.98. The molecule has 2 aliphatic heterocycles. The highest BCUT2D eigenvalue weighted by Gasteiger charge is 2.36. The first-order valence-corrected chi connectivity index (χ1v) is 13.4. The van der Waals surface area contributed by atoms with Crippen LogP contribution in [0.2, 0.25) is 0 Å². The quantitative estimate of drug-likeness (QED) is 0.284. The first-order valence-electron chi connectivity index (χ1n) is 11.9. The van der Waals surface area contributed by atoms with E-state index in [2.05, 4.69) is 25.8 Å². The van der Waals surface area contributed by atoms with Crippen LogP contribution in [-0.2, 0) is 31.2 Å². The Morgan fingerprint density at radius 3 is 2.56 bits per heavy atom. The topological polar surface area (TPSA) is 91.8 Å². The number of ether oxygens (including phenoxy) is 1. The van der Waals surface area contributed by atoms with E-state index in [-0.39, 0.29) is 46.2 Å². The van der Waals surface area contributed by atoms with Crippen molar-refractivity contribution in [3.05, 3.63) is 55.5 Å². The highest BCUT2D eigenvalue weighted by molar-refractivity contribution is 7.71. The fourth-order valence-corrected chi connectivity index (χ4v) is 5.52. The van der Waals surface area contributed by atoms with Gasteiger partial charge in [0.25, 0.3) is 0 Å². The summed E-state index contributed by atoms with van der Waals surface area (Å²) in [6, 6.07) is 1.90. The number of carbonyl (C=O) groups is 1. The van der Waals surface area contributed by atoms with Gasteiger partial charge in [-0.25, -0.2) is 9.18 Å². The molecule has 1 aromatic heterocycles. The van der Waals surface area contributed by atoms with Crippen LogP contribution in [0.1, 0.15) is 87.7 Å². The van der Waals surface area contributed by atoms with Crippen LogP contribution in [-0.4, -0.2) is 28.5 Å². The lowest BCUT2D eigenvalue weighted by molar-refractivity contribution is -0.0230. The summed E-state index contributed by atoms with van der Waals surface area (Å²) in [4.78, 5) is 26.0. The third-order valence-electron chi connectivity index (χ3n) is 6.29. The molecule has 0 bridgehead atoms. The number of benzene rings is 1. The monoisotopic (exact) mass is 538 g/mol. The summed E-state index contributed by atoms with van der Waals surface area (Å²) in [5, 5.41) is 0. The van der Waals surface area contributed by atoms with E-state index in [9.17, 15) is 9.59 Å². The third-order valence-corrected chi connectivity index (χ3v) is 7.66. The Morgan fingerprint density at radius 2 is 1.92 bits per heavy atom. The normalized spacial score (nSPS) is 22.2. The van der Waals surface area contributed by atoms with Crippen molar-refractivity contribution < 1.29 is 27.5 Å². The Kier molecular flexibility index (Phi) is 7.57. The fourth-order valence-electron chi connectivity index (χ4n) is 4.27. The van der Waals surface area contributed by atoms with Crippen molar-refractivity contribution in [2.24, 2.45) is 0 Å². The van der Waals surface area contributed by atoms with Gasteiger partial charge in [0.05, 0.1) is 30.4 Å². The Bertz CT molecular complexity index is 1280. The van der Waals surface area contributed by atoms with Gasteiger partial charge in [-0.1, -0.05) is 53.8 Å². The van der Waals surface area contributed by atoms with Gasteiger partial charge in [-0.15, -0.1) is 0 Å². The molecule has 196 valence electrons. The number of hydrogen-bond acceptors (Lipinski definition) is 7. The van der Waals surface area contributed by atoms with Gasteiger partial charge in [0.15, 0.2) is 6.29 Å². The zero-order valence-electron chi connectivity index (χ0n) is 21.3. The SMILES string of the molecule is CC(C)(C)c1cc(C(C)(C)C)c2c(c1F)COP(OCC1CCC(n3cc(C=O)c(=S)[nH]c3=O)O1)O2. The van der Waals surface area contributed by atoms with Crippen LogP contribution in [0.15, 0.2) is 17.1 Å². The van der Waals surface area contributed by atoms with Crippen molar-refractivity contribution in [1.82, 2.24) is 9.55 Å².